The second-order valence-corrected chi connectivity index (χ2v) is 6.77. The molecule has 132 valence electrons. The van der Waals surface area contributed by atoms with Gasteiger partial charge in [0.2, 0.25) is 0 Å². The highest BCUT2D eigenvalue weighted by Crippen LogP contribution is 2.29. The van der Waals surface area contributed by atoms with Crippen LogP contribution in [0.4, 0.5) is 4.39 Å². The Labute approximate surface area is 142 Å². The van der Waals surface area contributed by atoms with Gasteiger partial charge < -0.3 is 19.6 Å². The number of methoxy groups -OCH3 is 1. The number of carbonyl (C=O) groups is 1. The Bertz CT molecular complexity index is 590. The molecule has 0 bridgehead atoms. The van der Waals surface area contributed by atoms with E-state index >= 15 is 0 Å². The molecule has 5 nitrogen and oxygen atoms in total. The minimum absolute atomic E-state index is 0.0720. The van der Waals surface area contributed by atoms with Gasteiger partial charge in [-0.1, -0.05) is 0 Å². The molecule has 1 aromatic rings. The SMILES string of the molecule is COc1ccc(F)cc1C(=O)N1C[C@@H](CN2CCCC2)[C@@H](CO)C1. The molecule has 0 aromatic heterocycles. The average molecular weight is 336 g/mol. The normalized spacial score (nSPS) is 24.5. The number of amides is 1. The molecule has 6 heteroatoms. The lowest BCUT2D eigenvalue weighted by Gasteiger charge is -2.23. The van der Waals surface area contributed by atoms with Gasteiger partial charge in [0.15, 0.2) is 0 Å². The zero-order valence-corrected chi connectivity index (χ0v) is 14.1. The molecule has 2 heterocycles. The van der Waals surface area contributed by atoms with Gasteiger partial charge in [-0.05, 0) is 50.0 Å². The summed E-state index contributed by atoms with van der Waals surface area (Å²) in [5.74, 6) is 0.0371. The standard InChI is InChI=1S/C18H25FN2O3/c1-24-17-5-4-15(19)8-16(17)18(23)21-10-13(14(11-21)12-22)9-20-6-2-3-7-20/h4-5,8,13-14,22H,2-3,6-7,9-12H2,1H3/t13-,14-/m1/s1. The lowest BCUT2D eigenvalue weighted by Crippen LogP contribution is -2.32. The molecule has 24 heavy (non-hydrogen) atoms. The number of benzene rings is 1. The van der Waals surface area contributed by atoms with Crippen molar-refractivity contribution >= 4 is 5.91 Å². The zero-order chi connectivity index (χ0) is 17.1. The topological polar surface area (TPSA) is 53.0 Å². The number of carbonyl (C=O) groups excluding carboxylic acids is 1. The number of likely N-dealkylation sites (tertiary alicyclic amines) is 2. The van der Waals surface area contributed by atoms with Crippen LogP contribution in [0, 0.1) is 17.7 Å². The van der Waals surface area contributed by atoms with Crippen molar-refractivity contribution < 1.29 is 19.0 Å². The molecule has 0 saturated carbocycles. The number of nitrogens with zero attached hydrogens (tertiary/aromatic N) is 2. The Morgan fingerprint density at radius 3 is 2.67 bits per heavy atom. The summed E-state index contributed by atoms with van der Waals surface area (Å²) in [7, 11) is 1.47. The van der Waals surface area contributed by atoms with Crippen molar-refractivity contribution in [1.29, 1.82) is 0 Å². The quantitative estimate of drug-likeness (QED) is 0.888. The lowest BCUT2D eigenvalue weighted by molar-refractivity contribution is 0.0775. The van der Waals surface area contributed by atoms with E-state index in [4.69, 9.17) is 4.74 Å². The Morgan fingerprint density at radius 2 is 2.00 bits per heavy atom. The predicted octanol–water partition coefficient (Wildman–Crippen LogP) is 1.61. The predicted molar refractivity (Wildman–Crippen MR) is 88.6 cm³/mol. The van der Waals surface area contributed by atoms with Crippen LogP contribution < -0.4 is 4.74 Å². The van der Waals surface area contributed by atoms with Gasteiger partial charge in [0.25, 0.3) is 5.91 Å². The number of aliphatic hydroxyl groups is 1. The van der Waals surface area contributed by atoms with Crippen molar-refractivity contribution in [2.24, 2.45) is 11.8 Å². The largest absolute Gasteiger partial charge is 0.496 e. The van der Waals surface area contributed by atoms with Crippen LogP contribution in [0.2, 0.25) is 0 Å². The number of halogens is 1. The minimum Gasteiger partial charge on any atom is -0.496 e. The highest BCUT2D eigenvalue weighted by atomic mass is 19.1. The van der Waals surface area contributed by atoms with Crippen molar-refractivity contribution in [3.63, 3.8) is 0 Å². The summed E-state index contributed by atoms with van der Waals surface area (Å²) in [6, 6.07) is 3.99. The van der Waals surface area contributed by atoms with Gasteiger partial charge in [0.05, 0.1) is 12.7 Å². The van der Waals surface area contributed by atoms with E-state index in [9.17, 15) is 14.3 Å². The van der Waals surface area contributed by atoms with Crippen molar-refractivity contribution in [1.82, 2.24) is 9.80 Å². The molecule has 2 atom stereocenters. The molecule has 2 aliphatic heterocycles. The number of hydrogen-bond donors (Lipinski definition) is 1. The first-order chi connectivity index (χ1) is 11.6. The van der Waals surface area contributed by atoms with Crippen molar-refractivity contribution in [3.8, 4) is 5.75 Å². The van der Waals surface area contributed by atoms with Crippen LogP contribution in [0.25, 0.3) is 0 Å². The van der Waals surface area contributed by atoms with Gasteiger partial charge >= 0.3 is 0 Å². The fourth-order valence-corrected chi connectivity index (χ4v) is 3.83. The molecule has 0 radical (unpaired) electrons. The first kappa shape index (κ1) is 17.2. The van der Waals surface area contributed by atoms with E-state index in [1.807, 2.05) is 0 Å². The highest BCUT2D eigenvalue weighted by Gasteiger charge is 2.37. The number of ether oxygens (including phenoxy) is 1. The molecular formula is C18H25FN2O3. The van der Waals surface area contributed by atoms with Crippen molar-refractivity contribution in [3.05, 3.63) is 29.6 Å². The van der Waals surface area contributed by atoms with Gasteiger partial charge in [-0.25, -0.2) is 4.39 Å². The molecule has 0 spiro atoms. The molecule has 1 amide bonds. The van der Waals surface area contributed by atoms with Crippen LogP contribution in [-0.4, -0.2) is 67.3 Å². The summed E-state index contributed by atoms with van der Waals surface area (Å²) in [6.45, 7) is 4.28. The van der Waals surface area contributed by atoms with E-state index in [0.717, 1.165) is 19.6 Å². The van der Waals surface area contributed by atoms with Crippen LogP contribution >= 0.6 is 0 Å². The summed E-state index contributed by atoms with van der Waals surface area (Å²) in [6.07, 6.45) is 2.44. The van der Waals surface area contributed by atoms with E-state index in [-0.39, 0.29) is 29.9 Å². The Balaban J connectivity index is 1.72. The van der Waals surface area contributed by atoms with Crippen LogP contribution in [0.5, 0.6) is 5.75 Å². The molecule has 2 saturated heterocycles. The van der Waals surface area contributed by atoms with E-state index in [1.165, 1.54) is 38.2 Å². The highest BCUT2D eigenvalue weighted by molar-refractivity contribution is 5.97. The van der Waals surface area contributed by atoms with Gasteiger partial charge in [-0.15, -0.1) is 0 Å². The summed E-state index contributed by atoms with van der Waals surface area (Å²) in [4.78, 5) is 16.9. The van der Waals surface area contributed by atoms with Gasteiger partial charge in [-0.3, -0.25) is 4.79 Å². The average Bonchev–Trinajstić information content (AvgIpc) is 3.24. The van der Waals surface area contributed by atoms with Gasteiger partial charge in [-0.2, -0.15) is 0 Å². The van der Waals surface area contributed by atoms with Crippen LogP contribution in [0.1, 0.15) is 23.2 Å². The smallest absolute Gasteiger partial charge is 0.257 e. The Kier molecular flexibility index (Phi) is 5.36. The number of aliphatic hydroxyl groups excluding tert-OH is 1. The van der Waals surface area contributed by atoms with Gasteiger partial charge in [0.1, 0.15) is 11.6 Å². The van der Waals surface area contributed by atoms with Crippen LogP contribution in [0.15, 0.2) is 18.2 Å². The molecular weight excluding hydrogens is 311 g/mol. The fraction of sp³-hybridized carbons (Fsp3) is 0.611. The maximum atomic E-state index is 13.5. The summed E-state index contributed by atoms with van der Waals surface area (Å²) < 4.78 is 18.7. The third kappa shape index (κ3) is 3.54. The Morgan fingerprint density at radius 1 is 1.29 bits per heavy atom. The van der Waals surface area contributed by atoms with E-state index in [0.29, 0.717) is 18.8 Å². The summed E-state index contributed by atoms with van der Waals surface area (Å²) in [5, 5.41) is 9.68. The first-order valence-electron chi connectivity index (χ1n) is 8.58. The first-order valence-corrected chi connectivity index (χ1v) is 8.58. The molecule has 0 aliphatic carbocycles. The summed E-state index contributed by atoms with van der Waals surface area (Å²) in [5.41, 5.74) is 0.246. The second kappa shape index (κ2) is 7.49. The Hall–Kier alpha value is -1.66. The second-order valence-electron chi connectivity index (χ2n) is 6.77. The number of hydrogen-bond acceptors (Lipinski definition) is 4. The molecule has 2 aliphatic rings. The molecule has 2 fully saturated rings. The third-order valence-corrected chi connectivity index (χ3v) is 5.18. The summed E-state index contributed by atoms with van der Waals surface area (Å²) >= 11 is 0. The van der Waals surface area contributed by atoms with Crippen molar-refractivity contribution in [2.75, 3.05) is 46.4 Å². The molecule has 1 aromatic carbocycles. The van der Waals surface area contributed by atoms with E-state index in [1.54, 1.807) is 4.90 Å². The van der Waals surface area contributed by atoms with Crippen molar-refractivity contribution in [2.45, 2.75) is 12.8 Å². The molecule has 0 unspecified atom stereocenters. The van der Waals surface area contributed by atoms with E-state index in [2.05, 4.69) is 4.90 Å². The van der Waals surface area contributed by atoms with Crippen LogP contribution in [-0.2, 0) is 0 Å². The monoisotopic (exact) mass is 336 g/mol. The minimum atomic E-state index is -0.453. The van der Waals surface area contributed by atoms with Gasteiger partial charge in [0, 0.05) is 32.2 Å². The molecule has 3 rings (SSSR count). The fourth-order valence-electron chi connectivity index (χ4n) is 3.83. The van der Waals surface area contributed by atoms with E-state index < -0.39 is 5.82 Å². The van der Waals surface area contributed by atoms with Crippen LogP contribution in [0.3, 0.4) is 0 Å². The molecule has 1 N–H and O–H groups in total. The maximum absolute atomic E-state index is 13.5. The zero-order valence-electron chi connectivity index (χ0n) is 14.1. The third-order valence-electron chi connectivity index (χ3n) is 5.18. The maximum Gasteiger partial charge on any atom is 0.257 e. The number of rotatable bonds is 5. The lowest BCUT2D eigenvalue weighted by atomic mass is 9.96.